The van der Waals surface area contributed by atoms with Gasteiger partial charge in [-0.1, -0.05) is 83.9 Å². The molecule has 4 aromatic carbocycles. The fraction of sp³-hybridized carbons (Fsp3) is 0.167. The lowest BCUT2D eigenvalue weighted by Crippen LogP contribution is -2.48. The Morgan fingerprint density at radius 1 is 0.846 bits per heavy atom. The highest BCUT2D eigenvalue weighted by atomic mass is 35.5. The van der Waals surface area contributed by atoms with Gasteiger partial charge < -0.3 is 5.32 Å². The van der Waals surface area contributed by atoms with Crippen molar-refractivity contribution in [1.29, 1.82) is 0 Å². The summed E-state index contributed by atoms with van der Waals surface area (Å²) in [4.78, 5) is 13.2. The Morgan fingerprint density at radius 2 is 1.38 bits per heavy atom. The van der Waals surface area contributed by atoms with E-state index in [9.17, 15) is 17.6 Å². The van der Waals surface area contributed by atoms with E-state index in [2.05, 4.69) is 5.32 Å². The molecule has 0 saturated heterocycles. The third-order valence-corrected chi connectivity index (χ3v) is 8.77. The lowest BCUT2D eigenvalue weighted by Gasteiger charge is -2.30. The minimum Gasteiger partial charge on any atom is -0.354 e. The smallest absolute Gasteiger partial charge is 0.265 e. The van der Waals surface area contributed by atoms with Gasteiger partial charge >= 0.3 is 0 Å². The molecule has 1 N–H and O–H groups in total. The van der Waals surface area contributed by atoms with E-state index in [-0.39, 0.29) is 28.1 Å². The van der Waals surface area contributed by atoms with Crippen molar-refractivity contribution in [1.82, 2.24) is 5.32 Å². The topological polar surface area (TPSA) is 66.5 Å². The first-order chi connectivity index (χ1) is 18.7. The maximum atomic E-state index is 15.0. The molecule has 1 amide bonds. The standard InChI is InChI=1S/C30H27Cl2FN2O3S/c1-21(30(36)34-19-18-27(22-8-4-2-5-9-22)23-10-6-3-7-11-23)35(29-20-25(32)14-17-28(29)33)39(37,38)26-15-12-24(31)13-16-26/h2-17,20-21,27H,18-19H2,1H3,(H,34,36)/t21-/m1/s1. The van der Waals surface area contributed by atoms with E-state index in [0.29, 0.717) is 11.4 Å². The maximum absolute atomic E-state index is 15.0. The van der Waals surface area contributed by atoms with Crippen molar-refractivity contribution in [3.05, 3.63) is 130 Å². The number of rotatable bonds is 10. The molecule has 4 aromatic rings. The number of sulfonamides is 1. The first-order valence-electron chi connectivity index (χ1n) is 12.3. The van der Waals surface area contributed by atoms with Crippen LogP contribution in [0.2, 0.25) is 10.0 Å². The van der Waals surface area contributed by atoms with Gasteiger partial charge in [-0.05, 0) is 66.9 Å². The highest BCUT2D eigenvalue weighted by molar-refractivity contribution is 7.93. The van der Waals surface area contributed by atoms with Crippen LogP contribution in [-0.4, -0.2) is 26.9 Å². The van der Waals surface area contributed by atoms with E-state index in [4.69, 9.17) is 23.2 Å². The Kier molecular flexibility index (Phi) is 9.28. The van der Waals surface area contributed by atoms with Crippen LogP contribution < -0.4 is 9.62 Å². The Morgan fingerprint density at radius 3 is 1.95 bits per heavy atom. The molecule has 0 bridgehead atoms. The van der Waals surface area contributed by atoms with Crippen molar-refractivity contribution >= 4 is 44.8 Å². The summed E-state index contributed by atoms with van der Waals surface area (Å²) in [6, 6.07) is 27.6. The molecule has 0 spiro atoms. The van der Waals surface area contributed by atoms with Crippen LogP contribution in [0, 0.1) is 5.82 Å². The number of hydrogen-bond donors (Lipinski definition) is 1. The average molecular weight is 586 g/mol. The number of anilines is 1. The van der Waals surface area contributed by atoms with E-state index >= 15 is 0 Å². The number of carbonyl (C=O) groups excluding carboxylic acids is 1. The van der Waals surface area contributed by atoms with Crippen LogP contribution in [0.5, 0.6) is 0 Å². The van der Waals surface area contributed by atoms with E-state index < -0.39 is 27.8 Å². The zero-order chi connectivity index (χ0) is 28.0. The molecule has 202 valence electrons. The first-order valence-corrected chi connectivity index (χ1v) is 14.5. The molecule has 0 aliphatic heterocycles. The predicted octanol–water partition coefficient (Wildman–Crippen LogP) is 7.05. The van der Waals surface area contributed by atoms with Gasteiger partial charge in [-0.25, -0.2) is 12.8 Å². The largest absolute Gasteiger partial charge is 0.354 e. The summed E-state index contributed by atoms with van der Waals surface area (Å²) in [5.41, 5.74) is 1.87. The summed E-state index contributed by atoms with van der Waals surface area (Å²) < 4.78 is 43.1. The number of carbonyl (C=O) groups is 1. The molecular formula is C30H27Cl2FN2O3S. The van der Waals surface area contributed by atoms with Crippen molar-refractivity contribution in [2.24, 2.45) is 0 Å². The lowest BCUT2D eigenvalue weighted by molar-refractivity contribution is -0.121. The van der Waals surface area contributed by atoms with Gasteiger partial charge in [0.05, 0.1) is 10.6 Å². The summed E-state index contributed by atoms with van der Waals surface area (Å²) in [5.74, 6) is -1.39. The van der Waals surface area contributed by atoms with Gasteiger partial charge in [-0.3, -0.25) is 9.10 Å². The Hall–Kier alpha value is -3.39. The monoisotopic (exact) mass is 584 g/mol. The Balaban J connectivity index is 1.59. The van der Waals surface area contributed by atoms with Crippen LogP contribution in [0.25, 0.3) is 0 Å². The molecule has 0 aliphatic carbocycles. The highest BCUT2D eigenvalue weighted by Gasteiger charge is 2.35. The zero-order valence-corrected chi connectivity index (χ0v) is 23.4. The Bertz CT molecular complexity index is 1480. The number of nitrogens with zero attached hydrogens (tertiary/aromatic N) is 1. The number of amides is 1. The molecule has 0 heterocycles. The van der Waals surface area contributed by atoms with E-state index in [1.165, 1.54) is 43.3 Å². The molecule has 0 aromatic heterocycles. The summed E-state index contributed by atoms with van der Waals surface area (Å²) in [6.07, 6.45) is 0.571. The molecule has 5 nitrogen and oxygen atoms in total. The summed E-state index contributed by atoms with van der Waals surface area (Å²) in [7, 11) is -4.37. The van der Waals surface area contributed by atoms with Gasteiger partial charge in [-0.2, -0.15) is 0 Å². The molecule has 4 rings (SSSR count). The quantitative estimate of drug-likeness (QED) is 0.217. The van der Waals surface area contributed by atoms with Gasteiger partial charge in [0.15, 0.2) is 0 Å². The van der Waals surface area contributed by atoms with Gasteiger partial charge in [-0.15, -0.1) is 0 Å². The van der Waals surface area contributed by atoms with Crippen molar-refractivity contribution in [2.45, 2.75) is 30.2 Å². The number of benzene rings is 4. The van der Waals surface area contributed by atoms with Gasteiger partial charge in [0, 0.05) is 22.5 Å². The van der Waals surface area contributed by atoms with Crippen molar-refractivity contribution in [3.63, 3.8) is 0 Å². The third-order valence-electron chi connectivity index (χ3n) is 6.38. The van der Waals surface area contributed by atoms with Crippen LogP contribution in [0.1, 0.15) is 30.4 Å². The average Bonchev–Trinajstić information content (AvgIpc) is 2.94. The molecule has 0 unspecified atom stereocenters. The second kappa shape index (κ2) is 12.6. The van der Waals surface area contributed by atoms with E-state index in [1.807, 2.05) is 60.7 Å². The van der Waals surface area contributed by atoms with Crippen molar-refractivity contribution < 1.29 is 17.6 Å². The molecule has 0 aliphatic rings. The minimum atomic E-state index is -4.37. The lowest BCUT2D eigenvalue weighted by atomic mass is 9.88. The van der Waals surface area contributed by atoms with Gasteiger partial charge in [0.25, 0.3) is 10.0 Å². The fourth-order valence-corrected chi connectivity index (χ4v) is 6.32. The highest BCUT2D eigenvalue weighted by Crippen LogP contribution is 2.32. The van der Waals surface area contributed by atoms with Gasteiger partial charge in [0.2, 0.25) is 5.91 Å². The van der Waals surface area contributed by atoms with Crippen LogP contribution >= 0.6 is 23.2 Å². The van der Waals surface area contributed by atoms with E-state index in [0.717, 1.165) is 21.5 Å². The van der Waals surface area contributed by atoms with E-state index in [1.54, 1.807) is 0 Å². The van der Waals surface area contributed by atoms with Crippen LogP contribution in [0.3, 0.4) is 0 Å². The third kappa shape index (κ3) is 6.79. The number of hydrogen-bond acceptors (Lipinski definition) is 3. The zero-order valence-electron chi connectivity index (χ0n) is 21.1. The maximum Gasteiger partial charge on any atom is 0.265 e. The summed E-state index contributed by atoms with van der Waals surface area (Å²) in [5, 5.41) is 3.32. The SMILES string of the molecule is C[C@H](C(=O)NCCC(c1ccccc1)c1ccccc1)N(c1cc(Cl)ccc1F)S(=O)(=O)c1ccc(Cl)cc1. The predicted molar refractivity (Wildman–Crippen MR) is 154 cm³/mol. The number of halogens is 3. The van der Waals surface area contributed by atoms with Crippen LogP contribution in [-0.2, 0) is 14.8 Å². The van der Waals surface area contributed by atoms with Crippen molar-refractivity contribution in [3.8, 4) is 0 Å². The molecular weight excluding hydrogens is 558 g/mol. The molecule has 39 heavy (non-hydrogen) atoms. The van der Waals surface area contributed by atoms with Gasteiger partial charge in [0.1, 0.15) is 11.9 Å². The normalized spacial score (nSPS) is 12.2. The fourth-order valence-electron chi connectivity index (χ4n) is 4.41. The van der Waals surface area contributed by atoms with Crippen LogP contribution in [0.15, 0.2) is 108 Å². The molecule has 0 fully saturated rings. The first kappa shape index (κ1) is 28.6. The molecule has 1 atom stereocenters. The molecule has 0 saturated carbocycles. The molecule has 9 heteroatoms. The second-order valence-electron chi connectivity index (χ2n) is 8.98. The summed E-state index contributed by atoms with van der Waals surface area (Å²) in [6.45, 7) is 1.68. The second-order valence-corrected chi connectivity index (χ2v) is 11.7. The molecule has 0 radical (unpaired) electrons. The number of nitrogens with one attached hydrogen (secondary N) is 1. The summed E-state index contributed by atoms with van der Waals surface area (Å²) >= 11 is 12.0. The van der Waals surface area contributed by atoms with Crippen LogP contribution in [0.4, 0.5) is 10.1 Å². The Labute approximate surface area is 238 Å². The van der Waals surface area contributed by atoms with Crippen molar-refractivity contribution in [2.75, 3.05) is 10.8 Å². The minimum absolute atomic E-state index is 0.0160.